The predicted octanol–water partition coefficient (Wildman–Crippen LogP) is 2.49. The molecule has 0 aliphatic carbocycles. The Morgan fingerprint density at radius 3 is 2.84 bits per heavy atom. The van der Waals surface area contributed by atoms with Gasteiger partial charge in [-0.3, -0.25) is 14.5 Å². The molecular formula is C20H16F3N5O3. The molecule has 1 N–H and O–H groups in total. The van der Waals surface area contributed by atoms with Crippen LogP contribution in [0.4, 0.5) is 18.0 Å². The molecule has 2 aromatic heterocycles. The van der Waals surface area contributed by atoms with Crippen LogP contribution in [-0.4, -0.2) is 56.9 Å². The first-order valence-electron chi connectivity index (χ1n) is 9.53. The second kappa shape index (κ2) is 7.25. The molecule has 160 valence electrons. The minimum absolute atomic E-state index is 0.0618. The lowest BCUT2D eigenvalue weighted by atomic mass is 10.0. The number of rotatable bonds is 4. The Hall–Kier alpha value is -3.63. The fourth-order valence-corrected chi connectivity index (χ4v) is 3.92. The number of aromatic nitrogens is 3. The highest BCUT2D eigenvalue weighted by atomic mass is 19.3. The lowest BCUT2D eigenvalue weighted by molar-refractivity contribution is -0.131. The van der Waals surface area contributed by atoms with E-state index in [0.717, 1.165) is 12.1 Å². The lowest BCUT2D eigenvalue weighted by Gasteiger charge is -2.17. The molecule has 2 atom stereocenters. The first kappa shape index (κ1) is 19.3. The number of ether oxygens (including phenoxy) is 1. The number of carbonyl (C=O) groups is 2. The Morgan fingerprint density at radius 1 is 1.23 bits per heavy atom. The monoisotopic (exact) mass is 431 g/mol. The van der Waals surface area contributed by atoms with Gasteiger partial charge in [-0.15, -0.1) is 0 Å². The zero-order valence-corrected chi connectivity index (χ0v) is 16.0. The molecule has 2 aliphatic rings. The fraction of sp³-hybridized carbons (Fsp3) is 0.300. The van der Waals surface area contributed by atoms with Gasteiger partial charge in [-0.1, -0.05) is 6.07 Å². The van der Waals surface area contributed by atoms with E-state index in [1.54, 1.807) is 11.0 Å². The number of nitrogens with zero attached hydrogens (tertiary/aromatic N) is 4. The number of likely N-dealkylation sites (tertiary alicyclic amines) is 1. The molecule has 2 aliphatic heterocycles. The molecule has 3 aromatic rings. The van der Waals surface area contributed by atoms with Gasteiger partial charge in [-0.2, -0.15) is 5.10 Å². The van der Waals surface area contributed by atoms with E-state index in [2.05, 4.69) is 15.4 Å². The van der Waals surface area contributed by atoms with Crippen LogP contribution < -0.4 is 5.32 Å². The molecule has 2 fully saturated rings. The summed E-state index contributed by atoms with van der Waals surface area (Å²) in [4.78, 5) is 29.8. The van der Waals surface area contributed by atoms with E-state index < -0.39 is 23.9 Å². The summed E-state index contributed by atoms with van der Waals surface area (Å²) < 4.78 is 46.3. The number of fused-ring (bicyclic) bond motifs is 2. The van der Waals surface area contributed by atoms with Crippen molar-refractivity contribution in [1.29, 1.82) is 0 Å². The summed E-state index contributed by atoms with van der Waals surface area (Å²) in [6.07, 6.45) is -0.783. The number of hydrogen-bond acceptors (Lipinski definition) is 5. The number of carbonyl (C=O) groups excluding carboxylic acids is 2. The lowest BCUT2D eigenvalue weighted by Crippen LogP contribution is -2.37. The number of nitrogens with one attached hydrogen (secondary N) is 1. The van der Waals surface area contributed by atoms with Crippen molar-refractivity contribution in [2.75, 3.05) is 13.1 Å². The van der Waals surface area contributed by atoms with E-state index in [4.69, 9.17) is 4.74 Å². The SMILES string of the molecule is O=C1NC2CN(C(=O)Cn3ncc4ncc(-c5ccc(F)c(C(F)F)c5)cc43)CC2O1. The van der Waals surface area contributed by atoms with Crippen molar-refractivity contribution < 1.29 is 27.5 Å². The number of hydrogen-bond donors (Lipinski definition) is 1. The summed E-state index contributed by atoms with van der Waals surface area (Å²) in [5.41, 5.74) is 1.26. The van der Waals surface area contributed by atoms with Gasteiger partial charge in [-0.05, 0) is 23.8 Å². The summed E-state index contributed by atoms with van der Waals surface area (Å²) in [5, 5.41) is 6.87. The Kier molecular flexibility index (Phi) is 4.53. The van der Waals surface area contributed by atoms with E-state index in [1.165, 1.54) is 23.1 Å². The molecular weight excluding hydrogens is 415 g/mol. The fourth-order valence-electron chi connectivity index (χ4n) is 3.92. The van der Waals surface area contributed by atoms with Crippen LogP contribution in [0.15, 0.2) is 36.7 Å². The summed E-state index contributed by atoms with van der Waals surface area (Å²) in [6, 6.07) is 4.93. The molecule has 11 heteroatoms. The van der Waals surface area contributed by atoms with Crippen molar-refractivity contribution in [1.82, 2.24) is 25.0 Å². The normalized spacial score (nSPS) is 20.3. The van der Waals surface area contributed by atoms with Crippen LogP contribution >= 0.6 is 0 Å². The van der Waals surface area contributed by atoms with Gasteiger partial charge in [0.25, 0.3) is 6.43 Å². The smallest absolute Gasteiger partial charge is 0.407 e. The van der Waals surface area contributed by atoms with Gasteiger partial charge in [0.1, 0.15) is 24.0 Å². The number of halogens is 3. The van der Waals surface area contributed by atoms with E-state index in [9.17, 15) is 22.8 Å². The number of amides is 2. The van der Waals surface area contributed by atoms with Crippen LogP contribution in [0.2, 0.25) is 0 Å². The van der Waals surface area contributed by atoms with Crippen LogP contribution in [-0.2, 0) is 16.1 Å². The molecule has 31 heavy (non-hydrogen) atoms. The second-order valence-corrected chi connectivity index (χ2v) is 7.46. The average molecular weight is 431 g/mol. The third-order valence-corrected chi connectivity index (χ3v) is 5.52. The summed E-state index contributed by atoms with van der Waals surface area (Å²) in [6.45, 7) is 0.592. The van der Waals surface area contributed by atoms with E-state index in [0.29, 0.717) is 35.2 Å². The number of alkyl halides is 2. The maximum absolute atomic E-state index is 13.6. The van der Waals surface area contributed by atoms with E-state index >= 15 is 0 Å². The number of alkyl carbamates (subject to hydrolysis) is 1. The average Bonchev–Trinajstić information content (AvgIpc) is 3.41. The summed E-state index contributed by atoms with van der Waals surface area (Å²) in [5.74, 6) is -1.18. The Balaban J connectivity index is 1.39. The largest absolute Gasteiger partial charge is 0.442 e. The van der Waals surface area contributed by atoms with Gasteiger partial charge in [0, 0.05) is 18.3 Å². The Morgan fingerprint density at radius 2 is 2.06 bits per heavy atom. The third kappa shape index (κ3) is 3.45. The van der Waals surface area contributed by atoms with Crippen molar-refractivity contribution in [3.8, 4) is 11.1 Å². The molecule has 2 unspecified atom stereocenters. The maximum Gasteiger partial charge on any atom is 0.407 e. The van der Waals surface area contributed by atoms with Gasteiger partial charge in [-0.25, -0.2) is 18.0 Å². The maximum atomic E-state index is 13.6. The molecule has 1 aromatic carbocycles. The molecule has 0 spiro atoms. The predicted molar refractivity (Wildman–Crippen MR) is 102 cm³/mol. The van der Waals surface area contributed by atoms with Gasteiger partial charge >= 0.3 is 6.09 Å². The second-order valence-electron chi connectivity index (χ2n) is 7.46. The van der Waals surface area contributed by atoms with Crippen LogP contribution in [0, 0.1) is 5.82 Å². The van der Waals surface area contributed by atoms with Crippen LogP contribution in [0.5, 0.6) is 0 Å². The van der Waals surface area contributed by atoms with Gasteiger partial charge < -0.3 is 15.0 Å². The number of benzene rings is 1. The van der Waals surface area contributed by atoms with Crippen molar-refractivity contribution in [2.45, 2.75) is 25.1 Å². The quantitative estimate of drug-likeness (QED) is 0.686. The van der Waals surface area contributed by atoms with E-state index in [1.807, 2.05) is 0 Å². The molecule has 2 saturated heterocycles. The first-order chi connectivity index (χ1) is 14.9. The molecule has 0 radical (unpaired) electrons. The zero-order chi connectivity index (χ0) is 21.7. The minimum atomic E-state index is -2.94. The van der Waals surface area contributed by atoms with Crippen molar-refractivity contribution in [3.63, 3.8) is 0 Å². The van der Waals surface area contributed by atoms with E-state index in [-0.39, 0.29) is 24.6 Å². The molecule has 8 nitrogen and oxygen atoms in total. The van der Waals surface area contributed by atoms with Crippen molar-refractivity contribution in [2.24, 2.45) is 0 Å². The molecule has 0 bridgehead atoms. The van der Waals surface area contributed by atoms with Gasteiger partial charge in [0.2, 0.25) is 5.91 Å². The van der Waals surface area contributed by atoms with Crippen molar-refractivity contribution in [3.05, 3.63) is 48.0 Å². The minimum Gasteiger partial charge on any atom is -0.442 e. The highest BCUT2D eigenvalue weighted by Gasteiger charge is 2.43. The van der Waals surface area contributed by atoms with Gasteiger partial charge in [0.05, 0.1) is 29.9 Å². The summed E-state index contributed by atoms with van der Waals surface area (Å²) >= 11 is 0. The zero-order valence-electron chi connectivity index (χ0n) is 16.0. The highest BCUT2D eigenvalue weighted by molar-refractivity contribution is 5.83. The topological polar surface area (TPSA) is 89.4 Å². The van der Waals surface area contributed by atoms with Crippen LogP contribution in [0.1, 0.15) is 12.0 Å². The first-order valence-corrected chi connectivity index (χ1v) is 9.53. The van der Waals surface area contributed by atoms with Crippen LogP contribution in [0.3, 0.4) is 0 Å². The molecule has 2 amide bonds. The standard InChI is InChI=1S/C20H16F3N5O3/c21-13-2-1-10(3-12(13)19(22)23)11-4-16-14(24-5-11)6-25-28(16)9-18(29)27-7-15-17(8-27)31-20(30)26-15/h1-6,15,17,19H,7-9H2,(H,26,30). The van der Waals surface area contributed by atoms with Gasteiger partial charge in [0.15, 0.2) is 0 Å². The molecule has 4 heterocycles. The Bertz CT molecular complexity index is 1180. The van der Waals surface area contributed by atoms with Crippen LogP contribution in [0.25, 0.3) is 22.2 Å². The Labute approximate surface area is 173 Å². The molecule has 0 saturated carbocycles. The highest BCUT2D eigenvalue weighted by Crippen LogP contribution is 2.29. The number of pyridine rings is 1. The third-order valence-electron chi connectivity index (χ3n) is 5.52. The van der Waals surface area contributed by atoms with Crippen molar-refractivity contribution >= 4 is 23.0 Å². The molecule has 5 rings (SSSR count). The summed E-state index contributed by atoms with van der Waals surface area (Å²) in [7, 11) is 0.